The van der Waals surface area contributed by atoms with E-state index >= 15 is 0 Å². The summed E-state index contributed by atoms with van der Waals surface area (Å²) in [6, 6.07) is 7.92. The summed E-state index contributed by atoms with van der Waals surface area (Å²) in [5.74, 6) is 0.414. The summed E-state index contributed by atoms with van der Waals surface area (Å²) in [7, 11) is 1.61. The predicted molar refractivity (Wildman–Crippen MR) is 135 cm³/mol. The Labute approximate surface area is 212 Å². The zero-order valence-corrected chi connectivity index (χ0v) is 21.2. The van der Waals surface area contributed by atoms with Crippen LogP contribution in [0.3, 0.4) is 0 Å². The van der Waals surface area contributed by atoms with E-state index in [0.29, 0.717) is 49.5 Å². The molecular formula is C26H35FN6O3. The first-order chi connectivity index (χ1) is 17.4. The maximum Gasteiger partial charge on any atom is 0.229 e. The van der Waals surface area contributed by atoms with E-state index in [9.17, 15) is 9.65 Å². The van der Waals surface area contributed by atoms with Crippen molar-refractivity contribution in [2.45, 2.75) is 57.2 Å². The molecule has 0 radical (unpaired) electrons. The Hall–Kier alpha value is -3.00. The van der Waals surface area contributed by atoms with Gasteiger partial charge in [0.15, 0.2) is 11.6 Å². The van der Waals surface area contributed by atoms with Gasteiger partial charge in [0.2, 0.25) is 5.95 Å². The Balaban J connectivity index is 1.38. The molecule has 0 spiro atoms. The van der Waals surface area contributed by atoms with Crippen molar-refractivity contribution < 1.29 is 18.6 Å². The lowest BCUT2D eigenvalue weighted by atomic mass is 9.84. The number of rotatable bonds is 11. The van der Waals surface area contributed by atoms with Gasteiger partial charge in [0, 0.05) is 30.4 Å². The van der Waals surface area contributed by atoms with Gasteiger partial charge in [-0.3, -0.25) is 4.90 Å². The Morgan fingerprint density at radius 3 is 2.89 bits per heavy atom. The number of nitrogens with one attached hydrogen (secondary N) is 2. The molecule has 2 aliphatic heterocycles. The monoisotopic (exact) mass is 498 g/mol. The Morgan fingerprint density at radius 1 is 1.25 bits per heavy atom. The van der Waals surface area contributed by atoms with Gasteiger partial charge < -0.3 is 24.8 Å². The second kappa shape index (κ2) is 11.8. The van der Waals surface area contributed by atoms with Crippen LogP contribution in [0, 0.1) is 17.1 Å². The summed E-state index contributed by atoms with van der Waals surface area (Å²) in [6.45, 7) is 7.37. The molecule has 1 aromatic heterocycles. The number of hydrogen-bond donors (Lipinski definition) is 2. The van der Waals surface area contributed by atoms with Crippen LogP contribution in [0.5, 0.6) is 5.75 Å². The van der Waals surface area contributed by atoms with Crippen LogP contribution in [0.2, 0.25) is 0 Å². The molecule has 2 atom stereocenters. The molecule has 2 saturated heterocycles. The van der Waals surface area contributed by atoms with Gasteiger partial charge >= 0.3 is 0 Å². The number of hydrogen-bond acceptors (Lipinski definition) is 9. The number of ether oxygens (including phenoxy) is 3. The molecule has 1 aromatic carbocycles. The lowest BCUT2D eigenvalue weighted by Crippen LogP contribution is -2.55. The number of methoxy groups -OCH3 is 1. The van der Waals surface area contributed by atoms with Crippen molar-refractivity contribution >= 4 is 17.5 Å². The SMILES string of the molecule is COCCOCCOc1ccc(Nc2ncc(F)c(N[C@@H]3C[C@H]4CCCN4C(C)(C)C3)n2)cc1C#N. The lowest BCUT2D eigenvalue weighted by molar-refractivity contribution is 0.0500. The third kappa shape index (κ3) is 6.40. The first kappa shape index (κ1) is 26.1. The van der Waals surface area contributed by atoms with Crippen LogP contribution in [-0.4, -0.2) is 72.6 Å². The average Bonchev–Trinajstić information content (AvgIpc) is 3.33. The largest absolute Gasteiger partial charge is 0.490 e. The maximum absolute atomic E-state index is 14.6. The highest BCUT2D eigenvalue weighted by Crippen LogP contribution is 2.38. The Kier molecular flexibility index (Phi) is 8.56. The highest BCUT2D eigenvalue weighted by molar-refractivity contribution is 5.61. The van der Waals surface area contributed by atoms with Gasteiger partial charge in [0.05, 0.1) is 31.6 Å². The molecule has 0 amide bonds. The van der Waals surface area contributed by atoms with Crippen LogP contribution in [0.25, 0.3) is 0 Å². The van der Waals surface area contributed by atoms with Gasteiger partial charge in [-0.25, -0.2) is 9.37 Å². The minimum Gasteiger partial charge on any atom is -0.490 e. The van der Waals surface area contributed by atoms with E-state index < -0.39 is 5.82 Å². The summed E-state index contributed by atoms with van der Waals surface area (Å²) in [4.78, 5) is 11.1. The van der Waals surface area contributed by atoms with Gasteiger partial charge in [-0.2, -0.15) is 10.2 Å². The fourth-order valence-electron chi connectivity index (χ4n) is 5.25. The van der Waals surface area contributed by atoms with Gasteiger partial charge in [0.1, 0.15) is 18.4 Å². The minimum absolute atomic E-state index is 0.0647. The van der Waals surface area contributed by atoms with Crippen LogP contribution in [0.4, 0.5) is 21.8 Å². The third-order valence-corrected chi connectivity index (χ3v) is 6.82. The van der Waals surface area contributed by atoms with E-state index in [2.05, 4.69) is 45.4 Å². The average molecular weight is 499 g/mol. The molecule has 2 aromatic rings. The molecule has 3 heterocycles. The number of anilines is 3. The molecule has 10 heteroatoms. The van der Waals surface area contributed by atoms with Crippen LogP contribution in [0.1, 0.15) is 45.1 Å². The molecule has 194 valence electrons. The van der Waals surface area contributed by atoms with Gasteiger partial charge in [-0.15, -0.1) is 0 Å². The fraction of sp³-hybridized carbons (Fsp3) is 0.577. The van der Waals surface area contributed by atoms with E-state index in [0.717, 1.165) is 19.4 Å². The van der Waals surface area contributed by atoms with Crippen molar-refractivity contribution in [2.75, 3.05) is 50.7 Å². The quantitative estimate of drug-likeness (QED) is 0.443. The summed E-state index contributed by atoms with van der Waals surface area (Å²) in [6.07, 6.45) is 5.45. The van der Waals surface area contributed by atoms with Gasteiger partial charge in [-0.1, -0.05) is 0 Å². The standard InChI is InChI=1S/C26H35FN6O3/c1-26(2)15-20(14-21-5-4-8-33(21)26)30-24-22(27)17-29-25(32-24)31-19-6-7-23(18(13-19)16-28)36-12-11-35-10-9-34-3/h6-7,13,17,20-21H,4-5,8-12,14-15H2,1-3H3,(H2,29,30,31,32)/t20-,21-/m1/s1. The Morgan fingerprint density at radius 2 is 2.08 bits per heavy atom. The number of nitrogens with zero attached hydrogens (tertiary/aromatic N) is 4. The van der Waals surface area contributed by atoms with E-state index in [1.165, 1.54) is 19.0 Å². The fourth-order valence-corrected chi connectivity index (χ4v) is 5.25. The number of aromatic nitrogens is 2. The van der Waals surface area contributed by atoms with Crippen molar-refractivity contribution in [3.05, 3.63) is 35.8 Å². The summed E-state index contributed by atoms with van der Waals surface area (Å²) >= 11 is 0. The highest BCUT2D eigenvalue weighted by atomic mass is 19.1. The number of nitriles is 1. The van der Waals surface area contributed by atoms with Gasteiger partial charge in [0.25, 0.3) is 0 Å². The molecule has 4 rings (SSSR count). The van der Waals surface area contributed by atoms with Crippen molar-refractivity contribution in [2.24, 2.45) is 0 Å². The normalized spacial score (nSPS) is 21.0. The summed E-state index contributed by atoms with van der Waals surface area (Å²) in [5.41, 5.74) is 1.03. The third-order valence-electron chi connectivity index (χ3n) is 6.82. The molecule has 9 nitrogen and oxygen atoms in total. The zero-order chi connectivity index (χ0) is 25.5. The van der Waals surface area contributed by atoms with E-state index in [4.69, 9.17) is 14.2 Å². The van der Waals surface area contributed by atoms with Crippen molar-refractivity contribution in [3.8, 4) is 11.8 Å². The summed E-state index contributed by atoms with van der Waals surface area (Å²) < 4.78 is 30.6. The first-order valence-corrected chi connectivity index (χ1v) is 12.5. The molecule has 0 aliphatic carbocycles. The van der Waals surface area contributed by atoms with Crippen molar-refractivity contribution in [1.29, 1.82) is 5.26 Å². The minimum atomic E-state index is -0.485. The lowest BCUT2D eigenvalue weighted by Gasteiger charge is -2.47. The first-order valence-electron chi connectivity index (χ1n) is 12.5. The molecular weight excluding hydrogens is 463 g/mol. The second-order valence-electron chi connectivity index (χ2n) is 9.87. The number of halogens is 1. The van der Waals surface area contributed by atoms with Crippen LogP contribution in [-0.2, 0) is 9.47 Å². The number of benzene rings is 1. The summed E-state index contributed by atoms with van der Waals surface area (Å²) in [5, 5.41) is 16.0. The molecule has 0 saturated carbocycles. The molecule has 0 unspecified atom stereocenters. The zero-order valence-electron chi connectivity index (χ0n) is 21.2. The predicted octanol–water partition coefficient (Wildman–Crippen LogP) is 4.09. The number of fused-ring (bicyclic) bond motifs is 1. The molecule has 36 heavy (non-hydrogen) atoms. The van der Waals surface area contributed by atoms with Crippen LogP contribution < -0.4 is 15.4 Å². The highest BCUT2D eigenvalue weighted by Gasteiger charge is 2.43. The molecule has 0 bridgehead atoms. The topological polar surface area (TPSA) is 105 Å². The van der Waals surface area contributed by atoms with Crippen LogP contribution >= 0.6 is 0 Å². The Bertz CT molecular complexity index is 1080. The van der Waals surface area contributed by atoms with E-state index in [-0.39, 0.29) is 23.3 Å². The number of piperidine rings is 1. The molecule has 2 aliphatic rings. The second-order valence-corrected chi connectivity index (χ2v) is 9.87. The van der Waals surface area contributed by atoms with E-state index in [1.54, 1.807) is 25.3 Å². The maximum atomic E-state index is 14.6. The van der Waals surface area contributed by atoms with Crippen molar-refractivity contribution in [3.63, 3.8) is 0 Å². The molecule has 2 N–H and O–H groups in total. The van der Waals surface area contributed by atoms with Crippen LogP contribution in [0.15, 0.2) is 24.4 Å². The smallest absolute Gasteiger partial charge is 0.229 e. The molecule has 2 fully saturated rings. The van der Waals surface area contributed by atoms with Gasteiger partial charge in [-0.05, 0) is 64.3 Å². The van der Waals surface area contributed by atoms with E-state index in [1.807, 2.05) is 0 Å². The van der Waals surface area contributed by atoms with Crippen molar-refractivity contribution in [1.82, 2.24) is 14.9 Å².